The second kappa shape index (κ2) is 6.68. The summed E-state index contributed by atoms with van der Waals surface area (Å²) in [5, 5.41) is 3.06. The van der Waals surface area contributed by atoms with Gasteiger partial charge >= 0.3 is 5.97 Å². The smallest absolute Gasteiger partial charge is 0.349 e. The first kappa shape index (κ1) is 16.0. The van der Waals surface area contributed by atoms with Gasteiger partial charge in [-0.05, 0) is 49.9 Å². The van der Waals surface area contributed by atoms with Gasteiger partial charge in [0.25, 0.3) is 5.91 Å². The maximum absolute atomic E-state index is 12.1. The van der Waals surface area contributed by atoms with E-state index in [2.05, 4.69) is 10.3 Å². The number of hydrogen-bond donors (Lipinski definition) is 1. The molecule has 0 aromatic carbocycles. The highest BCUT2D eigenvalue weighted by atomic mass is 35.5. The summed E-state index contributed by atoms with van der Waals surface area (Å²) < 4.78 is 5.24. The normalized spacial score (nSPS) is 14.2. The SMILES string of the molecule is C[C@@H](OC(=O)c1cc2c(s1)CCC2)C(=O)Nc1ccc(Cl)cn1. The Morgan fingerprint density at radius 1 is 1.39 bits per heavy atom. The molecule has 23 heavy (non-hydrogen) atoms. The molecule has 1 N–H and O–H groups in total. The summed E-state index contributed by atoms with van der Waals surface area (Å²) >= 11 is 7.19. The Kier molecular flexibility index (Phi) is 4.63. The van der Waals surface area contributed by atoms with Crippen LogP contribution in [0.4, 0.5) is 5.82 Å². The van der Waals surface area contributed by atoms with Gasteiger partial charge in [0, 0.05) is 11.1 Å². The van der Waals surface area contributed by atoms with Gasteiger partial charge in [-0.25, -0.2) is 9.78 Å². The fourth-order valence-electron chi connectivity index (χ4n) is 2.38. The van der Waals surface area contributed by atoms with E-state index < -0.39 is 18.0 Å². The highest BCUT2D eigenvalue weighted by molar-refractivity contribution is 7.14. The van der Waals surface area contributed by atoms with Crippen LogP contribution in [0.3, 0.4) is 0 Å². The van der Waals surface area contributed by atoms with E-state index in [-0.39, 0.29) is 0 Å². The summed E-state index contributed by atoms with van der Waals surface area (Å²) in [4.78, 5) is 30.0. The lowest BCUT2D eigenvalue weighted by Crippen LogP contribution is -2.30. The molecular formula is C16H15ClN2O3S. The molecule has 0 radical (unpaired) electrons. The summed E-state index contributed by atoms with van der Waals surface area (Å²) in [6, 6.07) is 5.08. The minimum absolute atomic E-state index is 0.359. The molecule has 0 bridgehead atoms. The van der Waals surface area contributed by atoms with Gasteiger partial charge in [0.2, 0.25) is 0 Å². The summed E-state index contributed by atoms with van der Waals surface area (Å²) in [7, 11) is 0. The van der Waals surface area contributed by atoms with Crippen molar-refractivity contribution in [1.29, 1.82) is 0 Å². The van der Waals surface area contributed by atoms with Crippen LogP contribution in [0, 0.1) is 0 Å². The molecule has 0 spiro atoms. The number of rotatable bonds is 4. The number of ether oxygens (including phenoxy) is 1. The molecule has 1 atom stereocenters. The number of aryl methyl sites for hydroxylation is 2. The number of nitrogens with zero attached hydrogens (tertiary/aromatic N) is 1. The lowest BCUT2D eigenvalue weighted by molar-refractivity contribution is -0.123. The number of nitrogens with one attached hydrogen (secondary N) is 1. The number of fused-ring (bicyclic) bond motifs is 1. The fraction of sp³-hybridized carbons (Fsp3) is 0.312. The van der Waals surface area contributed by atoms with Crippen LogP contribution in [0.1, 0.15) is 33.5 Å². The van der Waals surface area contributed by atoms with Gasteiger partial charge in [-0.15, -0.1) is 11.3 Å². The molecule has 7 heteroatoms. The number of halogens is 1. The number of carbonyl (C=O) groups is 2. The van der Waals surface area contributed by atoms with Gasteiger partial charge < -0.3 is 10.1 Å². The Hall–Kier alpha value is -1.92. The lowest BCUT2D eigenvalue weighted by Gasteiger charge is -2.12. The van der Waals surface area contributed by atoms with Crippen molar-refractivity contribution in [3.63, 3.8) is 0 Å². The predicted molar refractivity (Wildman–Crippen MR) is 89.1 cm³/mol. The van der Waals surface area contributed by atoms with Gasteiger partial charge in [-0.1, -0.05) is 11.6 Å². The maximum atomic E-state index is 12.1. The number of thiophene rings is 1. The highest BCUT2D eigenvalue weighted by Crippen LogP contribution is 2.31. The molecular weight excluding hydrogens is 336 g/mol. The second-order valence-corrected chi connectivity index (χ2v) is 6.88. The van der Waals surface area contributed by atoms with Crippen LogP contribution in [0.2, 0.25) is 5.02 Å². The average molecular weight is 351 g/mol. The topological polar surface area (TPSA) is 68.3 Å². The highest BCUT2D eigenvalue weighted by Gasteiger charge is 2.23. The first-order chi connectivity index (χ1) is 11.0. The molecule has 0 unspecified atom stereocenters. The summed E-state index contributed by atoms with van der Waals surface area (Å²) in [6.07, 6.45) is 3.70. The van der Waals surface area contributed by atoms with Crippen LogP contribution in [-0.4, -0.2) is 23.0 Å². The Labute approximate surface area is 142 Å². The number of aromatic nitrogens is 1. The van der Waals surface area contributed by atoms with Gasteiger partial charge in [-0.3, -0.25) is 4.79 Å². The monoisotopic (exact) mass is 350 g/mol. The van der Waals surface area contributed by atoms with Crippen LogP contribution < -0.4 is 5.32 Å². The molecule has 2 aromatic rings. The van der Waals surface area contributed by atoms with Crippen molar-refractivity contribution in [2.45, 2.75) is 32.3 Å². The minimum Gasteiger partial charge on any atom is -0.448 e. The fourth-order valence-corrected chi connectivity index (χ4v) is 3.63. The van der Waals surface area contributed by atoms with Crippen LogP contribution in [0.25, 0.3) is 0 Å². The Bertz CT molecular complexity index is 721. The minimum atomic E-state index is -0.906. The van der Waals surface area contributed by atoms with Crippen molar-refractivity contribution in [1.82, 2.24) is 4.98 Å². The second-order valence-electron chi connectivity index (χ2n) is 5.31. The first-order valence-corrected chi connectivity index (χ1v) is 8.47. The van der Waals surface area contributed by atoms with E-state index in [0.717, 1.165) is 19.3 Å². The molecule has 1 aliphatic carbocycles. The van der Waals surface area contributed by atoms with E-state index in [4.69, 9.17) is 16.3 Å². The van der Waals surface area contributed by atoms with Crippen LogP contribution in [-0.2, 0) is 22.4 Å². The van der Waals surface area contributed by atoms with Crippen molar-refractivity contribution in [2.24, 2.45) is 0 Å². The Morgan fingerprint density at radius 2 is 2.22 bits per heavy atom. The summed E-state index contributed by atoms with van der Waals surface area (Å²) in [5.74, 6) is -0.536. The number of carbonyl (C=O) groups excluding carboxylic acids is 2. The number of anilines is 1. The van der Waals surface area contributed by atoms with Crippen LogP contribution in [0.15, 0.2) is 24.4 Å². The third-order valence-corrected chi connectivity index (χ3v) is 5.02. The lowest BCUT2D eigenvalue weighted by atomic mass is 10.2. The maximum Gasteiger partial charge on any atom is 0.349 e. The number of hydrogen-bond acceptors (Lipinski definition) is 5. The van der Waals surface area contributed by atoms with E-state index >= 15 is 0 Å². The molecule has 3 rings (SSSR count). The van der Waals surface area contributed by atoms with Crippen molar-refractivity contribution in [2.75, 3.05) is 5.32 Å². The molecule has 2 aromatic heterocycles. The van der Waals surface area contributed by atoms with Crippen molar-refractivity contribution in [3.05, 3.63) is 44.7 Å². The summed E-state index contributed by atoms with van der Waals surface area (Å²) in [6.45, 7) is 1.53. The third-order valence-electron chi connectivity index (χ3n) is 3.58. The molecule has 1 aliphatic rings. The molecule has 2 heterocycles. The molecule has 0 fully saturated rings. The van der Waals surface area contributed by atoms with Crippen LogP contribution >= 0.6 is 22.9 Å². The molecule has 1 amide bonds. The van der Waals surface area contributed by atoms with Gasteiger partial charge in [0.05, 0.1) is 5.02 Å². The largest absolute Gasteiger partial charge is 0.448 e. The van der Waals surface area contributed by atoms with Gasteiger partial charge in [-0.2, -0.15) is 0 Å². The van der Waals surface area contributed by atoms with E-state index in [1.807, 2.05) is 6.07 Å². The van der Waals surface area contributed by atoms with E-state index in [0.29, 0.717) is 15.7 Å². The van der Waals surface area contributed by atoms with Crippen molar-refractivity contribution in [3.8, 4) is 0 Å². The predicted octanol–water partition coefficient (Wildman–Crippen LogP) is 3.47. The van der Waals surface area contributed by atoms with Crippen LogP contribution in [0.5, 0.6) is 0 Å². The zero-order valence-corrected chi connectivity index (χ0v) is 14.0. The third kappa shape index (κ3) is 3.71. The quantitative estimate of drug-likeness (QED) is 0.857. The van der Waals surface area contributed by atoms with Gasteiger partial charge in [0.1, 0.15) is 10.7 Å². The van der Waals surface area contributed by atoms with E-state index in [9.17, 15) is 9.59 Å². The molecule has 0 aliphatic heterocycles. The average Bonchev–Trinajstić information content (AvgIpc) is 3.10. The molecule has 0 saturated heterocycles. The van der Waals surface area contributed by atoms with E-state index in [1.165, 1.54) is 34.9 Å². The summed E-state index contributed by atoms with van der Waals surface area (Å²) in [5.41, 5.74) is 1.23. The zero-order valence-electron chi connectivity index (χ0n) is 12.5. The molecule has 120 valence electrons. The number of amides is 1. The standard InChI is InChI=1S/C16H15ClN2O3S/c1-9(15(20)19-14-6-5-11(17)8-18-14)22-16(21)13-7-10-3-2-4-12(10)23-13/h5-9H,2-4H2,1H3,(H,18,19,20)/t9-/m1/s1. The van der Waals surface area contributed by atoms with Gasteiger partial charge in [0.15, 0.2) is 6.10 Å². The number of pyridine rings is 1. The zero-order chi connectivity index (χ0) is 16.4. The molecule has 0 saturated carbocycles. The van der Waals surface area contributed by atoms with E-state index in [1.54, 1.807) is 12.1 Å². The Morgan fingerprint density at radius 3 is 2.91 bits per heavy atom. The molecule has 5 nitrogen and oxygen atoms in total. The number of esters is 1. The van der Waals surface area contributed by atoms with Crippen molar-refractivity contribution >= 4 is 40.6 Å². The first-order valence-electron chi connectivity index (χ1n) is 7.28. The van der Waals surface area contributed by atoms with Crippen molar-refractivity contribution < 1.29 is 14.3 Å². The Balaban J connectivity index is 1.58.